The predicted octanol–water partition coefficient (Wildman–Crippen LogP) is -1.41. The molecule has 2 rings (SSSR count). The smallest absolute Gasteiger partial charge is 0.330 e. The van der Waals surface area contributed by atoms with Crippen molar-refractivity contribution >= 4 is 35.6 Å². The fourth-order valence-corrected chi connectivity index (χ4v) is 1.70. The minimum Gasteiger partial charge on any atom is -0.330 e. The summed E-state index contributed by atoms with van der Waals surface area (Å²) in [7, 11) is 0. The molecule has 0 unspecified atom stereocenters. The largest absolute Gasteiger partial charge is 0.344 e. The number of rotatable bonds is 4. The molecule has 0 N–H and O–H groups in total. The molecule has 0 radical (unpaired) electrons. The van der Waals surface area contributed by atoms with Crippen LogP contribution >= 0.6 is 0 Å². The van der Waals surface area contributed by atoms with Crippen LogP contribution in [0.25, 0.3) is 0 Å². The predicted molar refractivity (Wildman–Crippen MR) is 59.0 cm³/mol. The average molecular weight is 298 g/mol. The van der Waals surface area contributed by atoms with Crippen molar-refractivity contribution in [1.29, 1.82) is 0 Å². The van der Waals surface area contributed by atoms with E-state index in [4.69, 9.17) is 0 Å². The van der Waals surface area contributed by atoms with Gasteiger partial charge in [-0.05, 0) is 0 Å². The monoisotopic (exact) mass is 298 g/mol. The number of hydroxylamine groups is 4. The Labute approximate surface area is 117 Å². The number of carbonyl (C=O) groups is 6. The molecule has 2 saturated heterocycles. The van der Waals surface area contributed by atoms with E-state index in [2.05, 4.69) is 9.68 Å². The van der Waals surface area contributed by atoms with Crippen molar-refractivity contribution in [2.75, 3.05) is 0 Å². The molecule has 10 heteroatoms. The molecular formula is C11H10N2O8. The molecule has 21 heavy (non-hydrogen) atoms. The Hall–Kier alpha value is -2.78. The molecule has 0 aromatic rings. The van der Waals surface area contributed by atoms with Crippen LogP contribution in [0.15, 0.2) is 0 Å². The summed E-state index contributed by atoms with van der Waals surface area (Å²) in [5, 5.41) is 0.559. The average Bonchev–Trinajstić information content (AvgIpc) is 2.88. The molecule has 2 heterocycles. The van der Waals surface area contributed by atoms with E-state index in [0.717, 1.165) is 0 Å². The first-order chi connectivity index (χ1) is 9.88. The Bertz CT molecular complexity index is 474. The molecule has 0 bridgehead atoms. The van der Waals surface area contributed by atoms with E-state index >= 15 is 0 Å². The van der Waals surface area contributed by atoms with Crippen LogP contribution in [0.3, 0.4) is 0 Å². The molecule has 2 fully saturated rings. The van der Waals surface area contributed by atoms with Crippen LogP contribution in [0.4, 0.5) is 0 Å². The van der Waals surface area contributed by atoms with Gasteiger partial charge >= 0.3 is 11.9 Å². The second-order valence-corrected chi connectivity index (χ2v) is 4.27. The van der Waals surface area contributed by atoms with E-state index in [1.165, 1.54) is 0 Å². The summed E-state index contributed by atoms with van der Waals surface area (Å²) in [5.74, 6) is -5.16. The molecule has 112 valence electrons. The number of imide groups is 2. The molecule has 0 spiro atoms. The summed E-state index contributed by atoms with van der Waals surface area (Å²) in [6, 6.07) is 0. The number of amides is 4. The van der Waals surface area contributed by atoms with Gasteiger partial charge in [-0.3, -0.25) is 19.2 Å². The van der Waals surface area contributed by atoms with E-state index in [1.807, 2.05) is 0 Å². The van der Waals surface area contributed by atoms with Crippen LogP contribution in [0, 0.1) is 0 Å². The van der Waals surface area contributed by atoms with Gasteiger partial charge in [0.2, 0.25) is 0 Å². The first kappa shape index (κ1) is 14.6. The van der Waals surface area contributed by atoms with E-state index in [1.54, 1.807) is 0 Å². The molecule has 2 aliphatic rings. The van der Waals surface area contributed by atoms with Gasteiger partial charge in [-0.15, -0.1) is 10.1 Å². The Kier molecular flexibility index (Phi) is 3.96. The van der Waals surface area contributed by atoms with Gasteiger partial charge in [0, 0.05) is 25.7 Å². The highest BCUT2D eigenvalue weighted by atomic mass is 16.7. The van der Waals surface area contributed by atoms with Crippen molar-refractivity contribution in [1.82, 2.24) is 10.1 Å². The Balaban J connectivity index is 1.84. The highest BCUT2D eigenvalue weighted by Gasteiger charge is 2.35. The molecule has 0 atom stereocenters. The second kappa shape index (κ2) is 5.69. The van der Waals surface area contributed by atoms with E-state index in [0.29, 0.717) is 0 Å². The highest BCUT2D eigenvalue weighted by Crippen LogP contribution is 2.14. The topological polar surface area (TPSA) is 127 Å². The van der Waals surface area contributed by atoms with Crippen molar-refractivity contribution in [3.63, 3.8) is 0 Å². The van der Waals surface area contributed by atoms with Crippen LogP contribution in [-0.4, -0.2) is 45.7 Å². The highest BCUT2D eigenvalue weighted by molar-refractivity contribution is 6.03. The fourth-order valence-electron chi connectivity index (χ4n) is 1.70. The maximum absolute atomic E-state index is 11.4. The van der Waals surface area contributed by atoms with Gasteiger partial charge < -0.3 is 9.68 Å². The first-order valence-corrected chi connectivity index (χ1v) is 6.01. The minimum absolute atomic E-state index is 0.0761. The van der Waals surface area contributed by atoms with Gasteiger partial charge in [-0.1, -0.05) is 0 Å². The lowest BCUT2D eigenvalue weighted by Gasteiger charge is -2.14. The molecular weight excluding hydrogens is 288 g/mol. The zero-order valence-corrected chi connectivity index (χ0v) is 10.7. The Morgan fingerprint density at radius 2 is 1.00 bits per heavy atom. The maximum Gasteiger partial charge on any atom is 0.344 e. The van der Waals surface area contributed by atoms with Crippen LogP contribution in [0.2, 0.25) is 0 Å². The van der Waals surface area contributed by atoms with E-state index < -0.39 is 42.0 Å². The quantitative estimate of drug-likeness (QED) is 0.457. The third kappa shape index (κ3) is 3.22. The Morgan fingerprint density at radius 1 is 0.714 bits per heavy atom. The van der Waals surface area contributed by atoms with Crippen molar-refractivity contribution in [3.8, 4) is 0 Å². The summed E-state index contributed by atoms with van der Waals surface area (Å²) in [6.45, 7) is 0. The van der Waals surface area contributed by atoms with Crippen LogP contribution in [0.5, 0.6) is 0 Å². The van der Waals surface area contributed by atoms with E-state index in [-0.39, 0.29) is 35.8 Å². The SMILES string of the molecule is O=C(CC(=O)ON1C(=O)CCC1=O)ON1C(=O)CCC1=O. The van der Waals surface area contributed by atoms with Crippen molar-refractivity contribution < 1.29 is 38.4 Å². The van der Waals surface area contributed by atoms with E-state index in [9.17, 15) is 28.8 Å². The third-order valence-corrected chi connectivity index (χ3v) is 2.69. The molecule has 0 aromatic heterocycles. The minimum atomic E-state index is -1.21. The summed E-state index contributed by atoms with van der Waals surface area (Å²) in [5.41, 5.74) is 0. The normalized spacial score (nSPS) is 18.5. The second-order valence-electron chi connectivity index (χ2n) is 4.27. The maximum atomic E-state index is 11.4. The summed E-state index contributed by atoms with van der Waals surface area (Å²) in [4.78, 5) is 76.4. The van der Waals surface area contributed by atoms with Gasteiger partial charge in [0.25, 0.3) is 23.6 Å². The van der Waals surface area contributed by atoms with Gasteiger partial charge in [0.1, 0.15) is 6.42 Å². The standard InChI is InChI=1S/C11H10N2O8/c14-6-1-2-7(15)12(6)20-10(18)5-11(19)21-13-8(16)3-4-9(13)17/h1-5H2. The molecule has 2 aliphatic heterocycles. The Morgan fingerprint density at radius 3 is 1.29 bits per heavy atom. The fraction of sp³-hybridized carbons (Fsp3) is 0.455. The lowest BCUT2D eigenvalue weighted by molar-refractivity contribution is -0.206. The third-order valence-electron chi connectivity index (χ3n) is 2.69. The van der Waals surface area contributed by atoms with Crippen molar-refractivity contribution in [3.05, 3.63) is 0 Å². The van der Waals surface area contributed by atoms with Crippen LogP contribution in [-0.2, 0) is 38.4 Å². The zero-order chi connectivity index (χ0) is 15.6. The van der Waals surface area contributed by atoms with Crippen molar-refractivity contribution in [2.45, 2.75) is 32.1 Å². The lowest BCUT2D eigenvalue weighted by atomic mass is 10.4. The van der Waals surface area contributed by atoms with Gasteiger partial charge in [-0.25, -0.2) is 9.59 Å². The summed E-state index contributed by atoms with van der Waals surface area (Å²) < 4.78 is 0. The molecule has 10 nitrogen and oxygen atoms in total. The summed E-state index contributed by atoms with van der Waals surface area (Å²) in [6.07, 6.45) is -1.25. The van der Waals surface area contributed by atoms with Crippen LogP contribution in [0.1, 0.15) is 32.1 Å². The van der Waals surface area contributed by atoms with Gasteiger partial charge in [0.15, 0.2) is 0 Å². The van der Waals surface area contributed by atoms with Gasteiger partial charge in [-0.2, -0.15) is 0 Å². The summed E-state index contributed by atoms with van der Waals surface area (Å²) >= 11 is 0. The number of nitrogens with zero attached hydrogens (tertiary/aromatic N) is 2. The number of carbonyl (C=O) groups excluding carboxylic acids is 6. The molecule has 0 saturated carbocycles. The zero-order valence-electron chi connectivity index (χ0n) is 10.7. The number of hydrogen-bond donors (Lipinski definition) is 0. The molecule has 4 amide bonds. The van der Waals surface area contributed by atoms with Crippen LogP contribution < -0.4 is 0 Å². The van der Waals surface area contributed by atoms with Crippen molar-refractivity contribution in [2.24, 2.45) is 0 Å². The molecule has 0 aromatic carbocycles. The lowest BCUT2D eigenvalue weighted by Crippen LogP contribution is -2.35. The number of hydrogen-bond acceptors (Lipinski definition) is 8. The molecule has 0 aliphatic carbocycles. The first-order valence-electron chi connectivity index (χ1n) is 6.01. The van der Waals surface area contributed by atoms with Gasteiger partial charge in [0.05, 0.1) is 0 Å².